The van der Waals surface area contributed by atoms with Crippen LogP contribution in [0, 0.1) is 0 Å². The summed E-state index contributed by atoms with van der Waals surface area (Å²) in [6, 6.07) is -0.955. The van der Waals surface area contributed by atoms with Gasteiger partial charge in [-0.1, -0.05) is 12.6 Å². The van der Waals surface area contributed by atoms with Crippen LogP contribution in [0.3, 0.4) is 0 Å². The molecule has 0 aromatic carbocycles. The number of hydrogen-bond donors (Lipinski definition) is 0. The number of alkyl halides is 17. The summed E-state index contributed by atoms with van der Waals surface area (Å²) in [5, 5.41) is 0. The maximum absolute atomic E-state index is 13.3. The Hall–Kier alpha value is -0.973. The summed E-state index contributed by atoms with van der Waals surface area (Å²) < 4.78 is 219. The lowest BCUT2D eigenvalue weighted by atomic mass is 9.88. The Kier molecular flexibility index (Phi) is 7.07. The van der Waals surface area contributed by atoms with Crippen LogP contribution in [0.4, 0.5) is 74.6 Å². The summed E-state index contributed by atoms with van der Waals surface area (Å²) in [5.41, 5.74) is 0. The standard InChI is InChI=1S/C11H9F17Si/c1-29-3-2-4(12,13)5(14,15)6(16,17)7(18,19)8(20,21)9(22,23)10(24,25)11(26,27)28/h2-3,29H2,1H3. The monoisotopic (exact) mass is 492 g/mol. The zero-order valence-corrected chi connectivity index (χ0v) is 15.0. The molecule has 0 bridgehead atoms. The van der Waals surface area contributed by atoms with Crippen molar-refractivity contribution in [3.8, 4) is 0 Å². The van der Waals surface area contributed by atoms with E-state index >= 15 is 0 Å². The summed E-state index contributed by atoms with van der Waals surface area (Å²) in [5.74, 6) is -55.5. The zero-order valence-electron chi connectivity index (χ0n) is 13.5. The second-order valence-corrected chi connectivity index (χ2v) is 7.46. The summed E-state index contributed by atoms with van der Waals surface area (Å²) >= 11 is 0. The first kappa shape index (κ1) is 28.0. The molecule has 0 aliphatic carbocycles. The summed E-state index contributed by atoms with van der Waals surface area (Å²) in [4.78, 5) is 0. The van der Waals surface area contributed by atoms with Crippen LogP contribution in [-0.4, -0.2) is 57.2 Å². The average Bonchev–Trinajstić information content (AvgIpc) is 2.50. The van der Waals surface area contributed by atoms with Crippen molar-refractivity contribution >= 4 is 9.52 Å². The van der Waals surface area contributed by atoms with Crippen molar-refractivity contribution in [2.24, 2.45) is 0 Å². The van der Waals surface area contributed by atoms with Gasteiger partial charge < -0.3 is 0 Å². The first-order valence-electron chi connectivity index (χ1n) is 7.02. The molecular formula is C11H9F17Si. The highest BCUT2D eigenvalue weighted by Gasteiger charge is 2.95. The second-order valence-electron chi connectivity index (χ2n) is 5.75. The highest BCUT2D eigenvalue weighted by atomic mass is 28.2. The maximum atomic E-state index is 13.3. The molecular weight excluding hydrogens is 483 g/mol. The fourth-order valence-electron chi connectivity index (χ4n) is 1.75. The number of hydrogen-bond acceptors (Lipinski definition) is 0. The third-order valence-corrected chi connectivity index (χ3v) is 4.69. The number of rotatable bonds is 9. The van der Waals surface area contributed by atoms with E-state index in [1.54, 1.807) is 0 Å². The summed E-state index contributed by atoms with van der Waals surface area (Å²) in [7, 11) is -1.62. The molecule has 0 rings (SSSR count). The molecule has 0 aliphatic rings. The van der Waals surface area contributed by atoms with E-state index in [1.165, 1.54) is 0 Å². The van der Waals surface area contributed by atoms with Gasteiger partial charge in [-0.2, -0.15) is 74.6 Å². The van der Waals surface area contributed by atoms with E-state index in [0.717, 1.165) is 6.55 Å². The molecule has 0 saturated carbocycles. The molecule has 0 unspecified atom stereocenters. The highest BCUT2D eigenvalue weighted by Crippen LogP contribution is 2.64. The Balaban J connectivity index is 6.57. The summed E-state index contributed by atoms with van der Waals surface area (Å²) in [6.07, 6.45) is -10.0. The summed E-state index contributed by atoms with van der Waals surface area (Å²) in [6.45, 7) is 1.13. The van der Waals surface area contributed by atoms with Crippen LogP contribution in [-0.2, 0) is 0 Å². The third kappa shape index (κ3) is 3.77. The van der Waals surface area contributed by atoms with Gasteiger partial charge in [-0.3, -0.25) is 0 Å². The fraction of sp³-hybridized carbons (Fsp3) is 1.00. The Labute approximate surface area is 152 Å². The number of halogens is 17. The highest BCUT2D eigenvalue weighted by molar-refractivity contribution is 6.33. The van der Waals surface area contributed by atoms with Crippen molar-refractivity contribution < 1.29 is 74.6 Å². The van der Waals surface area contributed by atoms with Crippen LogP contribution in [0.2, 0.25) is 12.6 Å². The maximum Gasteiger partial charge on any atom is 0.460 e. The second kappa shape index (κ2) is 7.32. The van der Waals surface area contributed by atoms with Gasteiger partial charge in [0.25, 0.3) is 0 Å². The molecule has 29 heavy (non-hydrogen) atoms. The van der Waals surface area contributed by atoms with E-state index < -0.39 is 69.6 Å². The molecule has 0 amide bonds. The van der Waals surface area contributed by atoms with Crippen molar-refractivity contribution in [3.63, 3.8) is 0 Å². The molecule has 0 heterocycles. The van der Waals surface area contributed by atoms with Gasteiger partial charge >= 0.3 is 47.6 Å². The smallest absolute Gasteiger partial charge is 0.200 e. The Morgan fingerprint density at radius 1 is 0.448 bits per heavy atom. The first-order chi connectivity index (χ1) is 12.3. The predicted molar refractivity (Wildman–Crippen MR) is 64.5 cm³/mol. The van der Waals surface area contributed by atoms with Crippen molar-refractivity contribution in [2.75, 3.05) is 0 Å². The van der Waals surface area contributed by atoms with Gasteiger partial charge in [-0.05, 0) is 0 Å². The van der Waals surface area contributed by atoms with E-state index in [-0.39, 0.29) is 0 Å². The van der Waals surface area contributed by atoms with Crippen LogP contribution in [0.25, 0.3) is 0 Å². The molecule has 0 aromatic rings. The van der Waals surface area contributed by atoms with Gasteiger partial charge in [0.05, 0.1) is 0 Å². The van der Waals surface area contributed by atoms with Crippen LogP contribution < -0.4 is 0 Å². The lowest BCUT2D eigenvalue weighted by Crippen LogP contribution is -2.74. The molecule has 0 atom stereocenters. The van der Waals surface area contributed by atoms with Gasteiger partial charge in [0.1, 0.15) is 0 Å². The molecule has 0 spiro atoms. The predicted octanol–water partition coefficient (Wildman–Crippen LogP) is 6.02. The van der Waals surface area contributed by atoms with Crippen molar-refractivity contribution in [1.82, 2.24) is 0 Å². The lowest BCUT2D eigenvalue weighted by Gasteiger charge is -2.42. The van der Waals surface area contributed by atoms with Gasteiger partial charge in [-0.15, -0.1) is 0 Å². The van der Waals surface area contributed by atoms with Crippen LogP contribution in [0.15, 0.2) is 0 Å². The van der Waals surface area contributed by atoms with Gasteiger partial charge in [0.2, 0.25) is 0 Å². The average molecular weight is 492 g/mol. The molecule has 0 saturated heterocycles. The first-order valence-corrected chi connectivity index (χ1v) is 9.44. The van der Waals surface area contributed by atoms with E-state index in [4.69, 9.17) is 0 Å². The molecule has 0 aliphatic heterocycles. The van der Waals surface area contributed by atoms with Crippen molar-refractivity contribution in [2.45, 2.75) is 66.6 Å². The van der Waals surface area contributed by atoms with E-state index in [1.807, 2.05) is 0 Å². The molecule has 176 valence electrons. The van der Waals surface area contributed by atoms with Gasteiger partial charge in [0, 0.05) is 15.9 Å². The topological polar surface area (TPSA) is 0 Å². The van der Waals surface area contributed by atoms with Crippen molar-refractivity contribution in [3.05, 3.63) is 0 Å². The Morgan fingerprint density at radius 2 is 0.724 bits per heavy atom. The zero-order chi connectivity index (χ0) is 24.1. The molecule has 0 aromatic heterocycles. The molecule has 18 heteroatoms. The minimum Gasteiger partial charge on any atom is -0.200 e. The minimum atomic E-state index is -8.55. The normalized spacial score (nSPS) is 16.8. The van der Waals surface area contributed by atoms with E-state index in [2.05, 4.69) is 0 Å². The van der Waals surface area contributed by atoms with E-state index in [0.29, 0.717) is 0 Å². The fourth-order valence-corrected chi connectivity index (χ4v) is 2.55. The Morgan fingerprint density at radius 3 is 1.00 bits per heavy atom. The third-order valence-electron chi connectivity index (χ3n) is 3.63. The lowest BCUT2D eigenvalue weighted by molar-refractivity contribution is -0.461. The molecule has 0 nitrogen and oxygen atoms in total. The van der Waals surface area contributed by atoms with Crippen LogP contribution >= 0.6 is 0 Å². The van der Waals surface area contributed by atoms with Gasteiger partial charge in [0.15, 0.2) is 0 Å². The largest absolute Gasteiger partial charge is 0.460 e. The SMILES string of the molecule is C[SiH2]CCC(F)(F)C(F)(F)C(F)(F)C(F)(F)C(F)(F)C(F)(F)C(F)(F)C(F)(F)F. The quantitative estimate of drug-likeness (QED) is 0.273. The van der Waals surface area contributed by atoms with Crippen LogP contribution in [0.1, 0.15) is 6.42 Å². The van der Waals surface area contributed by atoms with Crippen molar-refractivity contribution in [1.29, 1.82) is 0 Å². The Bertz CT molecular complexity index is 574. The van der Waals surface area contributed by atoms with Crippen LogP contribution in [0.5, 0.6) is 0 Å². The molecule has 0 N–H and O–H groups in total. The van der Waals surface area contributed by atoms with Gasteiger partial charge in [-0.25, -0.2) is 0 Å². The molecule has 0 fully saturated rings. The molecule has 0 radical (unpaired) electrons. The van der Waals surface area contributed by atoms with E-state index in [9.17, 15) is 74.6 Å². The minimum absolute atomic E-state index is 0.955.